The van der Waals surface area contributed by atoms with Gasteiger partial charge in [0.25, 0.3) is 5.91 Å². The van der Waals surface area contributed by atoms with E-state index in [1.54, 1.807) is 18.2 Å². The predicted molar refractivity (Wildman–Crippen MR) is 104 cm³/mol. The highest BCUT2D eigenvalue weighted by Crippen LogP contribution is 2.30. The Morgan fingerprint density at radius 3 is 2.63 bits per heavy atom. The maximum Gasteiger partial charge on any atom is 0.339 e. The quantitative estimate of drug-likeness (QED) is 0.510. The maximum atomic E-state index is 13.8. The lowest BCUT2D eigenvalue weighted by Gasteiger charge is -2.16. The van der Waals surface area contributed by atoms with Crippen LogP contribution < -0.4 is 5.32 Å². The van der Waals surface area contributed by atoms with Crippen molar-refractivity contribution in [1.29, 1.82) is 0 Å². The smallest absolute Gasteiger partial charge is 0.339 e. The van der Waals surface area contributed by atoms with Gasteiger partial charge in [0.2, 0.25) is 0 Å². The van der Waals surface area contributed by atoms with Gasteiger partial charge in [-0.2, -0.15) is 0 Å². The summed E-state index contributed by atoms with van der Waals surface area (Å²) >= 11 is 0. The Hall–Kier alpha value is -3.42. The second-order valence-corrected chi connectivity index (χ2v) is 7.04. The van der Waals surface area contributed by atoms with Crippen molar-refractivity contribution < 1.29 is 27.5 Å². The first kappa shape index (κ1) is 19.9. The molecular formula is C22H17F3N2O3. The van der Waals surface area contributed by atoms with Crippen LogP contribution in [-0.4, -0.2) is 23.0 Å². The molecule has 0 spiro atoms. The van der Waals surface area contributed by atoms with Crippen molar-refractivity contribution in [2.45, 2.75) is 32.3 Å². The molecule has 0 saturated carbocycles. The number of ether oxygens (including phenoxy) is 1. The number of para-hydroxylation sites is 1. The van der Waals surface area contributed by atoms with Crippen LogP contribution in [0.25, 0.3) is 10.9 Å². The summed E-state index contributed by atoms with van der Waals surface area (Å²) in [7, 11) is 0. The molecule has 0 bridgehead atoms. The molecule has 4 rings (SSSR count). The number of pyridine rings is 1. The zero-order valence-electron chi connectivity index (χ0n) is 16.0. The average Bonchev–Trinajstić information content (AvgIpc) is 3.20. The molecule has 0 radical (unpaired) electrons. The number of carbonyl (C=O) groups excluding carboxylic acids is 2. The van der Waals surface area contributed by atoms with Crippen LogP contribution in [0.2, 0.25) is 0 Å². The molecule has 1 aromatic heterocycles. The molecule has 1 amide bonds. The fourth-order valence-corrected chi connectivity index (χ4v) is 3.57. The van der Waals surface area contributed by atoms with E-state index in [0.29, 0.717) is 29.0 Å². The Bertz CT molecular complexity index is 1180. The van der Waals surface area contributed by atoms with Crippen LogP contribution in [-0.2, 0) is 22.4 Å². The third-order valence-electron chi connectivity index (χ3n) is 5.07. The van der Waals surface area contributed by atoms with Gasteiger partial charge in [-0.1, -0.05) is 18.2 Å². The van der Waals surface area contributed by atoms with Gasteiger partial charge in [0.1, 0.15) is 0 Å². The minimum atomic E-state index is -1.70. The van der Waals surface area contributed by atoms with Gasteiger partial charge in [-0.3, -0.25) is 9.78 Å². The molecule has 0 saturated heterocycles. The Balaban J connectivity index is 1.57. The normalized spacial score (nSPS) is 13.7. The Kier molecular flexibility index (Phi) is 5.15. The highest BCUT2D eigenvalue weighted by Gasteiger charge is 2.28. The molecule has 2 aromatic carbocycles. The van der Waals surface area contributed by atoms with Crippen LogP contribution in [0.4, 0.5) is 18.9 Å². The van der Waals surface area contributed by atoms with Crippen LogP contribution in [0.15, 0.2) is 36.4 Å². The van der Waals surface area contributed by atoms with E-state index in [1.807, 2.05) is 6.07 Å². The summed E-state index contributed by atoms with van der Waals surface area (Å²) in [6.07, 6.45) is 1.00. The second kappa shape index (κ2) is 7.78. The lowest BCUT2D eigenvalue weighted by Crippen LogP contribution is -2.30. The standard InChI is InChI=1S/C22H17F3N2O3/c1-11(21(28)27-17-10-9-14(23)19(24)20(17)25)30-22(29)18-12-5-2-3-7-15(12)26-16-8-4-6-13(16)18/h2-3,5,7,9-11H,4,6,8H2,1H3,(H,27,28)/t11-/m1/s1. The van der Waals surface area contributed by atoms with Gasteiger partial charge in [0.05, 0.1) is 16.8 Å². The van der Waals surface area contributed by atoms with Gasteiger partial charge in [0.15, 0.2) is 23.6 Å². The number of hydrogen-bond donors (Lipinski definition) is 1. The molecule has 0 aliphatic heterocycles. The molecular weight excluding hydrogens is 397 g/mol. The molecule has 154 valence electrons. The number of benzene rings is 2. The van der Waals surface area contributed by atoms with Crippen molar-refractivity contribution in [3.63, 3.8) is 0 Å². The van der Waals surface area contributed by atoms with Crippen LogP contribution >= 0.6 is 0 Å². The third-order valence-corrected chi connectivity index (χ3v) is 5.07. The first-order valence-electron chi connectivity index (χ1n) is 9.42. The van der Waals surface area contributed by atoms with Crippen molar-refractivity contribution in [2.24, 2.45) is 0 Å². The van der Waals surface area contributed by atoms with Crippen molar-refractivity contribution in [1.82, 2.24) is 4.98 Å². The van der Waals surface area contributed by atoms with Gasteiger partial charge >= 0.3 is 5.97 Å². The van der Waals surface area contributed by atoms with Crippen LogP contribution in [0.5, 0.6) is 0 Å². The van der Waals surface area contributed by atoms with Gasteiger partial charge < -0.3 is 10.1 Å². The number of fused-ring (bicyclic) bond motifs is 2. The number of anilines is 1. The molecule has 0 fully saturated rings. The van der Waals surface area contributed by atoms with Gasteiger partial charge in [-0.25, -0.2) is 18.0 Å². The van der Waals surface area contributed by atoms with E-state index in [4.69, 9.17) is 4.74 Å². The number of aromatic nitrogens is 1. The molecule has 1 aliphatic carbocycles. The Morgan fingerprint density at radius 2 is 1.83 bits per heavy atom. The molecule has 1 aliphatic rings. The second-order valence-electron chi connectivity index (χ2n) is 7.04. The molecule has 3 aromatic rings. The first-order valence-corrected chi connectivity index (χ1v) is 9.42. The number of carbonyl (C=O) groups is 2. The van der Waals surface area contributed by atoms with Gasteiger partial charge in [-0.15, -0.1) is 0 Å². The van der Waals surface area contributed by atoms with E-state index in [-0.39, 0.29) is 0 Å². The first-order chi connectivity index (χ1) is 14.4. The van der Waals surface area contributed by atoms with Crippen molar-refractivity contribution >= 4 is 28.5 Å². The highest BCUT2D eigenvalue weighted by atomic mass is 19.2. The number of aryl methyl sites for hydroxylation is 1. The van der Waals surface area contributed by atoms with Gasteiger partial charge in [-0.05, 0) is 49.9 Å². The summed E-state index contributed by atoms with van der Waals surface area (Å²) in [6, 6.07) is 8.74. The van der Waals surface area contributed by atoms with Crippen LogP contribution in [0.1, 0.15) is 35.0 Å². The van der Waals surface area contributed by atoms with E-state index in [9.17, 15) is 22.8 Å². The summed E-state index contributed by atoms with van der Waals surface area (Å²) < 4.78 is 45.5. The number of esters is 1. The molecule has 5 nitrogen and oxygen atoms in total. The predicted octanol–water partition coefficient (Wildman–Crippen LogP) is 4.32. The monoisotopic (exact) mass is 414 g/mol. The van der Waals surface area contributed by atoms with Crippen LogP contribution in [0, 0.1) is 17.5 Å². The minimum absolute atomic E-state index is 0.367. The lowest BCUT2D eigenvalue weighted by atomic mass is 10.0. The maximum absolute atomic E-state index is 13.8. The zero-order chi connectivity index (χ0) is 21.4. The molecule has 1 heterocycles. The summed E-state index contributed by atoms with van der Waals surface area (Å²) in [5.41, 5.74) is 2.12. The van der Waals surface area contributed by atoms with Gasteiger partial charge in [0, 0.05) is 11.1 Å². The lowest BCUT2D eigenvalue weighted by molar-refractivity contribution is -0.123. The van der Waals surface area contributed by atoms with E-state index in [2.05, 4.69) is 10.3 Å². The summed E-state index contributed by atoms with van der Waals surface area (Å²) in [6.45, 7) is 1.31. The van der Waals surface area contributed by atoms with E-state index in [1.165, 1.54) is 6.92 Å². The molecule has 1 atom stereocenters. The summed E-state index contributed by atoms with van der Waals surface area (Å²) in [5.74, 6) is -6.16. The SMILES string of the molecule is C[C@@H](OC(=O)c1c2c(nc3ccccc13)CCC2)C(=O)Nc1ccc(F)c(F)c1F. The Labute approximate surface area is 169 Å². The molecule has 0 unspecified atom stereocenters. The van der Waals surface area contributed by atoms with Crippen molar-refractivity contribution in [2.75, 3.05) is 5.32 Å². The number of halogens is 3. The molecule has 30 heavy (non-hydrogen) atoms. The highest BCUT2D eigenvalue weighted by molar-refractivity contribution is 6.06. The van der Waals surface area contributed by atoms with Crippen LogP contribution in [0.3, 0.4) is 0 Å². The summed E-state index contributed by atoms with van der Waals surface area (Å²) in [4.78, 5) is 29.9. The van der Waals surface area contributed by atoms with Crippen molar-refractivity contribution in [3.05, 3.63) is 70.7 Å². The van der Waals surface area contributed by atoms with E-state index < -0.39 is 41.1 Å². The zero-order valence-corrected chi connectivity index (χ0v) is 16.0. The fourth-order valence-electron chi connectivity index (χ4n) is 3.57. The average molecular weight is 414 g/mol. The molecule has 8 heteroatoms. The fraction of sp³-hybridized carbons (Fsp3) is 0.227. The molecule has 1 N–H and O–H groups in total. The number of nitrogens with zero attached hydrogens (tertiary/aromatic N) is 1. The van der Waals surface area contributed by atoms with E-state index >= 15 is 0 Å². The van der Waals surface area contributed by atoms with E-state index in [0.717, 1.165) is 30.2 Å². The number of amides is 1. The third kappa shape index (κ3) is 3.49. The minimum Gasteiger partial charge on any atom is -0.449 e. The summed E-state index contributed by atoms with van der Waals surface area (Å²) in [5, 5.41) is 2.74. The topological polar surface area (TPSA) is 68.3 Å². The Morgan fingerprint density at radius 1 is 1.07 bits per heavy atom. The van der Waals surface area contributed by atoms with Crippen molar-refractivity contribution in [3.8, 4) is 0 Å². The number of nitrogens with one attached hydrogen (secondary N) is 1. The number of hydrogen-bond acceptors (Lipinski definition) is 4. The number of rotatable bonds is 4. The largest absolute Gasteiger partial charge is 0.449 e.